The van der Waals surface area contributed by atoms with Crippen molar-refractivity contribution in [3.05, 3.63) is 76.1 Å². The molecule has 3 aromatic rings. The van der Waals surface area contributed by atoms with Crippen LogP contribution in [0.4, 0.5) is 5.82 Å². The first-order chi connectivity index (χ1) is 13.4. The Balaban J connectivity index is 1.60. The Morgan fingerprint density at radius 2 is 1.89 bits per heavy atom. The number of carbonyl (C=O) groups excluding carboxylic acids is 1. The number of nitrogens with zero attached hydrogens (tertiary/aromatic N) is 1. The van der Waals surface area contributed by atoms with E-state index in [0.717, 1.165) is 11.3 Å². The molecule has 2 N–H and O–H groups in total. The summed E-state index contributed by atoms with van der Waals surface area (Å²) in [5.41, 5.74) is 1.59. The van der Waals surface area contributed by atoms with Gasteiger partial charge in [-0.15, -0.1) is 0 Å². The minimum Gasteiger partial charge on any atom is -0.457 e. The van der Waals surface area contributed by atoms with Gasteiger partial charge in [0.15, 0.2) is 5.11 Å². The number of anilines is 1. The summed E-state index contributed by atoms with van der Waals surface area (Å²) in [5.74, 6) is 1.26. The highest BCUT2D eigenvalue weighted by molar-refractivity contribution is 7.80. The maximum Gasteiger partial charge on any atom is 0.250 e. The third-order valence-corrected chi connectivity index (χ3v) is 4.18. The molecule has 0 atom stereocenters. The molecule has 0 aliphatic rings. The zero-order valence-corrected chi connectivity index (χ0v) is 17.0. The molecule has 0 saturated heterocycles. The number of aromatic nitrogens is 1. The van der Waals surface area contributed by atoms with E-state index in [0.29, 0.717) is 27.4 Å². The van der Waals surface area contributed by atoms with Crippen LogP contribution in [-0.2, 0) is 4.79 Å². The van der Waals surface area contributed by atoms with Gasteiger partial charge in [-0.3, -0.25) is 10.1 Å². The van der Waals surface area contributed by atoms with Crippen molar-refractivity contribution in [2.24, 2.45) is 0 Å². The van der Waals surface area contributed by atoms with Gasteiger partial charge < -0.3 is 9.73 Å². The summed E-state index contributed by atoms with van der Waals surface area (Å²) < 4.78 is 5.70. The van der Waals surface area contributed by atoms with Crippen LogP contribution in [0.25, 0.3) is 17.4 Å². The number of thiocarbonyl (C=S) groups is 1. The number of nitrogens with one attached hydrogen (secondary N) is 2. The first kappa shape index (κ1) is 20.1. The van der Waals surface area contributed by atoms with E-state index >= 15 is 0 Å². The molecule has 0 fully saturated rings. The van der Waals surface area contributed by atoms with Crippen molar-refractivity contribution in [2.45, 2.75) is 6.92 Å². The van der Waals surface area contributed by atoms with E-state index in [-0.39, 0.29) is 5.11 Å². The fourth-order valence-electron chi connectivity index (χ4n) is 2.37. The van der Waals surface area contributed by atoms with E-state index in [4.69, 9.17) is 39.8 Å². The van der Waals surface area contributed by atoms with E-state index in [1.807, 2.05) is 19.1 Å². The van der Waals surface area contributed by atoms with Gasteiger partial charge in [-0.05, 0) is 67.7 Å². The van der Waals surface area contributed by atoms with Crippen LogP contribution >= 0.6 is 35.4 Å². The SMILES string of the molecule is Cc1cccc(NC(=S)NC(=O)/C=C/c2ccc(-c3cc(Cl)cc(Cl)c3)o2)n1. The highest BCUT2D eigenvalue weighted by atomic mass is 35.5. The standard InChI is InChI=1S/C20H15Cl2N3O2S/c1-12-3-2-4-18(23-12)24-20(28)25-19(26)8-6-16-5-7-17(27-16)13-9-14(21)11-15(22)10-13/h2-11H,1H3,(H2,23,24,25,26,28)/b8-6+. The summed E-state index contributed by atoms with van der Waals surface area (Å²) in [6.45, 7) is 1.87. The molecule has 5 nitrogen and oxygen atoms in total. The molecule has 0 radical (unpaired) electrons. The average molecular weight is 432 g/mol. The maximum atomic E-state index is 12.0. The van der Waals surface area contributed by atoms with Crippen LogP contribution in [0.2, 0.25) is 10.0 Å². The molecule has 0 saturated carbocycles. The van der Waals surface area contributed by atoms with E-state index < -0.39 is 5.91 Å². The maximum absolute atomic E-state index is 12.0. The molecular formula is C20H15Cl2N3O2S. The van der Waals surface area contributed by atoms with Gasteiger partial charge >= 0.3 is 0 Å². The van der Waals surface area contributed by atoms with Gasteiger partial charge in [0.2, 0.25) is 5.91 Å². The van der Waals surface area contributed by atoms with Crippen molar-refractivity contribution in [3.63, 3.8) is 0 Å². The number of carbonyl (C=O) groups is 1. The Labute approximate surface area is 177 Å². The quantitative estimate of drug-likeness (QED) is 0.422. The highest BCUT2D eigenvalue weighted by Crippen LogP contribution is 2.28. The Bertz CT molecular complexity index is 1040. The fourth-order valence-corrected chi connectivity index (χ4v) is 3.10. The Morgan fingerprint density at radius 1 is 1.14 bits per heavy atom. The van der Waals surface area contributed by atoms with Crippen molar-refractivity contribution < 1.29 is 9.21 Å². The Kier molecular flexibility index (Phi) is 6.46. The number of aryl methyl sites for hydroxylation is 1. The molecule has 0 aliphatic carbocycles. The molecule has 3 rings (SSSR count). The molecule has 0 spiro atoms. The van der Waals surface area contributed by atoms with Crippen LogP contribution in [0.15, 0.2) is 59.0 Å². The summed E-state index contributed by atoms with van der Waals surface area (Å²) in [4.78, 5) is 16.3. The molecule has 0 aliphatic heterocycles. The highest BCUT2D eigenvalue weighted by Gasteiger charge is 2.07. The minimum absolute atomic E-state index is 0.154. The molecule has 8 heteroatoms. The monoisotopic (exact) mass is 431 g/mol. The second kappa shape index (κ2) is 9.01. The average Bonchev–Trinajstić information content (AvgIpc) is 3.08. The summed E-state index contributed by atoms with van der Waals surface area (Å²) in [6, 6.07) is 14.1. The number of halogens is 2. The molecule has 0 unspecified atom stereocenters. The normalized spacial score (nSPS) is 10.8. The van der Waals surface area contributed by atoms with Crippen LogP contribution in [0.3, 0.4) is 0 Å². The number of benzene rings is 1. The fraction of sp³-hybridized carbons (Fsp3) is 0.0500. The van der Waals surface area contributed by atoms with Gasteiger partial charge in [-0.2, -0.15) is 0 Å². The molecular weight excluding hydrogens is 417 g/mol. The molecule has 2 aromatic heterocycles. The van der Waals surface area contributed by atoms with Gasteiger partial charge in [0.25, 0.3) is 0 Å². The lowest BCUT2D eigenvalue weighted by molar-refractivity contribution is -0.115. The number of pyridine rings is 1. The van der Waals surface area contributed by atoms with E-state index in [1.165, 1.54) is 6.08 Å². The topological polar surface area (TPSA) is 67.2 Å². The summed E-state index contributed by atoms with van der Waals surface area (Å²) >= 11 is 17.1. The number of rotatable bonds is 4. The van der Waals surface area contributed by atoms with Crippen LogP contribution in [-0.4, -0.2) is 16.0 Å². The van der Waals surface area contributed by atoms with Gasteiger partial charge in [0, 0.05) is 27.4 Å². The number of hydrogen-bond donors (Lipinski definition) is 2. The van der Waals surface area contributed by atoms with Gasteiger partial charge in [-0.25, -0.2) is 4.98 Å². The third kappa shape index (κ3) is 5.66. The van der Waals surface area contributed by atoms with Gasteiger partial charge in [-0.1, -0.05) is 29.3 Å². The lowest BCUT2D eigenvalue weighted by Gasteiger charge is -2.07. The minimum atomic E-state index is -0.395. The van der Waals surface area contributed by atoms with E-state index in [2.05, 4.69) is 15.6 Å². The van der Waals surface area contributed by atoms with E-state index in [1.54, 1.807) is 42.5 Å². The van der Waals surface area contributed by atoms with Crippen LogP contribution < -0.4 is 10.6 Å². The predicted octanol–water partition coefficient (Wildman–Crippen LogP) is 5.48. The Morgan fingerprint density at radius 3 is 2.61 bits per heavy atom. The van der Waals surface area contributed by atoms with Crippen LogP contribution in [0.1, 0.15) is 11.5 Å². The second-order valence-corrected chi connectivity index (χ2v) is 7.08. The molecule has 0 bridgehead atoms. The second-order valence-electron chi connectivity index (χ2n) is 5.80. The molecule has 2 heterocycles. The van der Waals surface area contributed by atoms with Crippen molar-refractivity contribution in [3.8, 4) is 11.3 Å². The van der Waals surface area contributed by atoms with Gasteiger partial charge in [0.1, 0.15) is 17.3 Å². The predicted molar refractivity (Wildman–Crippen MR) is 117 cm³/mol. The number of furan rings is 1. The molecule has 28 heavy (non-hydrogen) atoms. The largest absolute Gasteiger partial charge is 0.457 e. The van der Waals surface area contributed by atoms with Crippen molar-refractivity contribution in [2.75, 3.05) is 5.32 Å². The first-order valence-corrected chi connectivity index (χ1v) is 9.35. The summed E-state index contributed by atoms with van der Waals surface area (Å²) in [5, 5.41) is 6.58. The zero-order valence-electron chi connectivity index (χ0n) is 14.7. The van der Waals surface area contributed by atoms with Crippen LogP contribution in [0.5, 0.6) is 0 Å². The molecule has 1 amide bonds. The number of hydrogen-bond acceptors (Lipinski definition) is 4. The zero-order chi connectivity index (χ0) is 20.1. The summed E-state index contributed by atoms with van der Waals surface area (Å²) in [6.07, 6.45) is 2.86. The first-order valence-electron chi connectivity index (χ1n) is 8.19. The molecule has 142 valence electrons. The lowest BCUT2D eigenvalue weighted by atomic mass is 10.2. The molecule has 1 aromatic carbocycles. The van der Waals surface area contributed by atoms with Crippen molar-refractivity contribution in [1.29, 1.82) is 0 Å². The Hall–Kier alpha value is -2.67. The smallest absolute Gasteiger partial charge is 0.250 e. The summed E-state index contributed by atoms with van der Waals surface area (Å²) in [7, 11) is 0. The van der Waals surface area contributed by atoms with Gasteiger partial charge in [0.05, 0.1) is 0 Å². The lowest BCUT2D eigenvalue weighted by Crippen LogP contribution is -2.33. The van der Waals surface area contributed by atoms with Crippen LogP contribution in [0, 0.1) is 6.92 Å². The number of amides is 1. The third-order valence-electron chi connectivity index (χ3n) is 3.54. The van der Waals surface area contributed by atoms with E-state index in [9.17, 15) is 4.79 Å². The van der Waals surface area contributed by atoms with Crippen molar-refractivity contribution in [1.82, 2.24) is 10.3 Å². The van der Waals surface area contributed by atoms with Crippen molar-refractivity contribution >= 4 is 58.3 Å².